The van der Waals surface area contributed by atoms with E-state index in [1.165, 1.54) is 11.3 Å². The zero-order valence-electron chi connectivity index (χ0n) is 13.0. The number of benzene rings is 2. The van der Waals surface area contributed by atoms with Crippen LogP contribution in [-0.2, 0) is 0 Å². The minimum atomic E-state index is -0.649. The molecule has 0 saturated carbocycles. The van der Waals surface area contributed by atoms with Gasteiger partial charge in [0.2, 0.25) is 0 Å². The van der Waals surface area contributed by atoms with Crippen molar-refractivity contribution in [3.8, 4) is 27.6 Å². The molecule has 0 spiro atoms. The predicted octanol–water partition coefficient (Wildman–Crippen LogP) is 4.68. The fourth-order valence-electron chi connectivity index (χ4n) is 2.40. The van der Waals surface area contributed by atoms with E-state index in [0.717, 1.165) is 38.6 Å². The minimum Gasteiger partial charge on any atom is -0.382 e. The second kappa shape index (κ2) is 6.58. The summed E-state index contributed by atoms with van der Waals surface area (Å²) in [5.41, 5.74) is 7.99. The minimum absolute atomic E-state index is 0.0891. The molecule has 2 N–H and O–H groups in total. The molecule has 4 aromatic rings. The summed E-state index contributed by atoms with van der Waals surface area (Å²) in [6, 6.07) is 10.8. The Morgan fingerprint density at radius 1 is 1.08 bits per heavy atom. The summed E-state index contributed by atoms with van der Waals surface area (Å²) in [4.78, 5) is 4.53. The molecule has 0 radical (unpaired) electrons. The van der Waals surface area contributed by atoms with Crippen LogP contribution in [0.1, 0.15) is 0 Å². The van der Waals surface area contributed by atoms with Crippen molar-refractivity contribution in [1.29, 1.82) is 0 Å². The van der Waals surface area contributed by atoms with Gasteiger partial charge in [0.25, 0.3) is 0 Å². The molecule has 0 fully saturated rings. The van der Waals surface area contributed by atoms with Crippen LogP contribution in [0.2, 0.25) is 0 Å². The second-order valence-corrected chi connectivity index (χ2v) is 7.15. The molecular formula is C17H10BrF2N5S. The lowest BCUT2D eigenvalue weighted by Crippen LogP contribution is -2.05. The Bertz CT molecular complexity index is 1090. The molecule has 4 rings (SSSR count). The van der Waals surface area contributed by atoms with Crippen LogP contribution >= 0.6 is 27.3 Å². The Morgan fingerprint density at radius 3 is 2.62 bits per heavy atom. The largest absolute Gasteiger partial charge is 0.382 e. The number of halogens is 3. The number of hydrogen-bond acceptors (Lipinski definition) is 5. The van der Waals surface area contributed by atoms with Gasteiger partial charge >= 0.3 is 0 Å². The van der Waals surface area contributed by atoms with Crippen LogP contribution < -0.4 is 5.73 Å². The number of thiazole rings is 1. The van der Waals surface area contributed by atoms with Gasteiger partial charge in [0.15, 0.2) is 11.5 Å². The van der Waals surface area contributed by atoms with E-state index in [4.69, 9.17) is 5.73 Å². The van der Waals surface area contributed by atoms with Gasteiger partial charge < -0.3 is 5.73 Å². The van der Waals surface area contributed by atoms with Crippen LogP contribution in [0.25, 0.3) is 27.6 Å². The zero-order chi connectivity index (χ0) is 18.3. The van der Waals surface area contributed by atoms with E-state index < -0.39 is 11.6 Å². The molecule has 0 unspecified atom stereocenters. The highest BCUT2D eigenvalue weighted by Gasteiger charge is 2.19. The normalized spacial score (nSPS) is 11.0. The number of nitrogen functional groups attached to an aromatic ring is 1. The maximum Gasteiger partial charge on any atom is 0.165 e. The lowest BCUT2D eigenvalue weighted by Gasteiger charge is -2.04. The lowest BCUT2D eigenvalue weighted by molar-refractivity contribution is 0.585. The van der Waals surface area contributed by atoms with E-state index in [2.05, 4.69) is 31.2 Å². The number of rotatable bonds is 3. The van der Waals surface area contributed by atoms with Gasteiger partial charge in [-0.05, 0) is 24.3 Å². The summed E-state index contributed by atoms with van der Waals surface area (Å²) in [6.45, 7) is 0. The van der Waals surface area contributed by atoms with Crippen molar-refractivity contribution in [2.45, 2.75) is 0 Å². The van der Waals surface area contributed by atoms with E-state index in [1.807, 2.05) is 29.6 Å². The van der Waals surface area contributed by atoms with Gasteiger partial charge in [0.05, 0.1) is 5.69 Å². The summed E-state index contributed by atoms with van der Waals surface area (Å²) in [7, 11) is 0. The van der Waals surface area contributed by atoms with Gasteiger partial charge in [-0.1, -0.05) is 33.3 Å². The molecule has 130 valence electrons. The fourth-order valence-corrected chi connectivity index (χ4v) is 3.49. The molecule has 0 aliphatic heterocycles. The molecule has 9 heteroatoms. The summed E-state index contributed by atoms with van der Waals surface area (Å²) < 4.78 is 29.4. The van der Waals surface area contributed by atoms with E-state index in [1.54, 1.807) is 0 Å². The molecule has 2 heterocycles. The number of anilines is 1. The predicted molar refractivity (Wildman–Crippen MR) is 99.9 cm³/mol. The first-order valence-corrected chi connectivity index (χ1v) is 9.08. The molecule has 0 bridgehead atoms. The van der Waals surface area contributed by atoms with E-state index >= 15 is 0 Å². The standard InChI is InChI=1S/C17H10BrF2N5S/c18-10-3-1-9(2-4-10)13-8-26-17(22-13)15-16(21)25(24-23-15)14-7-11(19)5-6-12(14)20/h1-8H,21H2. The van der Waals surface area contributed by atoms with Crippen LogP contribution in [0.3, 0.4) is 0 Å². The highest BCUT2D eigenvalue weighted by atomic mass is 79.9. The van der Waals surface area contributed by atoms with Crippen molar-refractivity contribution in [2.75, 3.05) is 5.73 Å². The van der Waals surface area contributed by atoms with Crippen LogP contribution in [0.4, 0.5) is 14.6 Å². The Labute approximate surface area is 159 Å². The van der Waals surface area contributed by atoms with Gasteiger partial charge in [0, 0.05) is 21.5 Å². The average molecular weight is 434 g/mol. The monoisotopic (exact) mass is 433 g/mol. The number of nitrogens with zero attached hydrogens (tertiary/aromatic N) is 4. The van der Waals surface area contributed by atoms with Crippen LogP contribution in [0, 0.1) is 11.6 Å². The highest BCUT2D eigenvalue weighted by molar-refractivity contribution is 9.10. The summed E-state index contributed by atoms with van der Waals surface area (Å²) in [5, 5.41) is 10.3. The van der Waals surface area contributed by atoms with Crippen molar-refractivity contribution < 1.29 is 8.78 Å². The smallest absolute Gasteiger partial charge is 0.165 e. The third kappa shape index (κ3) is 2.99. The van der Waals surface area contributed by atoms with E-state index in [0.29, 0.717) is 10.7 Å². The molecule has 2 aromatic carbocycles. The molecule has 0 saturated heterocycles. The fraction of sp³-hybridized carbons (Fsp3) is 0. The van der Waals surface area contributed by atoms with Crippen molar-refractivity contribution in [3.05, 3.63) is 64.0 Å². The van der Waals surface area contributed by atoms with Gasteiger partial charge in [-0.2, -0.15) is 4.68 Å². The van der Waals surface area contributed by atoms with E-state index in [-0.39, 0.29) is 11.5 Å². The Balaban J connectivity index is 1.73. The van der Waals surface area contributed by atoms with E-state index in [9.17, 15) is 8.78 Å². The molecule has 2 aromatic heterocycles. The molecule has 0 atom stereocenters. The van der Waals surface area contributed by atoms with Gasteiger partial charge in [-0.3, -0.25) is 0 Å². The average Bonchev–Trinajstić information content (AvgIpc) is 3.24. The lowest BCUT2D eigenvalue weighted by atomic mass is 10.2. The van der Waals surface area contributed by atoms with Crippen molar-refractivity contribution in [1.82, 2.24) is 20.0 Å². The molecule has 5 nitrogen and oxygen atoms in total. The van der Waals surface area contributed by atoms with Crippen LogP contribution in [-0.4, -0.2) is 20.0 Å². The topological polar surface area (TPSA) is 69.6 Å². The molecule has 0 aliphatic rings. The van der Waals surface area contributed by atoms with Crippen LogP contribution in [0.15, 0.2) is 52.3 Å². The van der Waals surface area contributed by atoms with Crippen molar-refractivity contribution >= 4 is 33.1 Å². The van der Waals surface area contributed by atoms with Gasteiger partial charge in [0.1, 0.15) is 22.3 Å². The van der Waals surface area contributed by atoms with Gasteiger partial charge in [-0.15, -0.1) is 16.4 Å². The Hall–Kier alpha value is -2.65. The third-order valence-electron chi connectivity index (χ3n) is 3.69. The summed E-state index contributed by atoms with van der Waals surface area (Å²) >= 11 is 4.74. The number of aromatic nitrogens is 4. The SMILES string of the molecule is Nc1c(-c2nc(-c3ccc(Br)cc3)cs2)nnn1-c1cc(F)ccc1F. The zero-order valence-corrected chi connectivity index (χ0v) is 15.4. The first-order valence-electron chi connectivity index (χ1n) is 7.41. The maximum absolute atomic E-state index is 14.0. The summed E-state index contributed by atoms with van der Waals surface area (Å²) in [5.74, 6) is -1.15. The molecule has 0 amide bonds. The second-order valence-electron chi connectivity index (χ2n) is 5.38. The number of nitrogens with two attached hydrogens (primary N) is 1. The van der Waals surface area contributed by atoms with Crippen LogP contribution in [0.5, 0.6) is 0 Å². The highest BCUT2D eigenvalue weighted by Crippen LogP contribution is 2.32. The van der Waals surface area contributed by atoms with Crippen molar-refractivity contribution in [3.63, 3.8) is 0 Å². The first kappa shape index (κ1) is 16.8. The maximum atomic E-state index is 14.0. The van der Waals surface area contributed by atoms with Gasteiger partial charge in [-0.25, -0.2) is 13.8 Å². The summed E-state index contributed by atoms with van der Waals surface area (Å²) in [6.07, 6.45) is 0. The first-order chi connectivity index (χ1) is 12.5. The molecule has 0 aliphatic carbocycles. The molecule has 26 heavy (non-hydrogen) atoms. The molecular weight excluding hydrogens is 424 g/mol. The van der Waals surface area contributed by atoms with Crippen molar-refractivity contribution in [2.24, 2.45) is 0 Å². The quantitative estimate of drug-likeness (QED) is 0.509. The third-order valence-corrected chi connectivity index (χ3v) is 5.07. The number of hydrogen-bond donors (Lipinski definition) is 1. The Kier molecular flexibility index (Phi) is 4.25. The Morgan fingerprint density at radius 2 is 1.85 bits per heavy atom.